The lowest BCUT2D eigenvalue weighted by Crippen LogP contribution is -2.35. The SMILES string of the molecule is N#CC(NC(=O)c1ccccc1)OCC#CI. The predicted molar refractivity (Wildman–Crippen MR) is 71.1 cm³/mol. The Hall–Kier alpha value is -1.57. The van der Waals surface area contributed by atoms with Gasteiger partial charge in [0.2, 0.25) is 6.23 Å². The van der Waals surface area contributed by atoms with Crippen molar-refractivity contribution in [1.82, 2.24) is 5.32 Å². The lowest BCUT2D eigenvalue weighted by atomic mass is 10.2. The molecule has 1 rings (SSSR count). The molecule has 1 aromatic rings. The van der Waals surface area contributed by atoms with Crippen LogP contribution in [0.3, 0.4) is 0 Å². The van der Waals surface area contributed by atoms with E-state index in [9.17, 15) is 4.79 Å². The largest absolute Gasteiger partial charge is 0.332 e. The minimum absolute atomic E-state index is 0.107. The number of hydrogen-bond acceptors (Lipinski definition) is 3. The molecule has 1 unspecified atom stereocenters. The summed E-state index contributed by atoms with van der Waals surface area (Å²) >= 11 is 1.87. The summed E-state index contributed by atoms with van der Waals surface area (Å²) in [4.78, 5) is 11.7. The van der Waals surface area contributed by atoms with Crippen molar-refractivity contribution >= 4 is 28.5 Å². The molecule has 1 N–H and O–H groups in total. The van der Waals surface area contributed by atoms with Gasteiger partial charge in [-0.05, 0) is 16.1 Å². The zero-order valence-corrected chi connectivity index (χ0v) is 11.0. The van der Waals surface area contributed by atoms with Gasteiger partial charge in [-0.2, -0.15) is 5.26 Å². The highest BCUT2D eigenvalue weighted by Crippen LogP contribution is 1.99. The maximum Gasteiger partial charge on any atom is 0.254 e. The summed E-state index contributed by atoms with van der Waals surface area (Å²) in [5.74, 6) is 2.29. The highest BCUT2D eigenvalue weighted by atomic mass is 127. The Balaban J connectivity index is 2.54. The number of nitriles is 1. The first-order valence-electron chi connectivity index (χ1n) is 4.73. The average Bonchev–Trinajstić information content (AvgIpc) is 2.38. The van der Waals surface area contributed by atoms with Crippen molar-refractivity contribution in [1.29, 1.82) is 5.26 Å². The molecule has 4 nitrogen and oxygen atoms in total. The van der Waals surface area contributed by atoms with Gasteiger partial charge in [0.1, 0.15) is 12.7 Å². The highest BCUT2D eigenvalue weighted by Gasteiger charge is 2.12. The molecule has 5 heteroatoms. The molecule has 86 valence electrons. The number of benzene rings is 1. The maximum atomic E-state index is 11.7. The van der Waals surface area contributed by atoms with E-state index < -0.39 is 6.23 Å². The Bertz CT molecular complexity index is 471. The molecular weight excluding hydrogens is 331 g/mol. The van der Waals surface area contributed by atoms with Crippen LogP contribution in [0.4, 0.5) is 0 Å². The summed E-state index contributed by atoms with van der Waals surface area (Å²) in [6.45, 7) is 0.107. The van der Waals surface area contributed by atoms with Gasteiger partial charge in [0.15, 0.2) is 0 Å². The molecule has 0 aliphatic rings. The average molecular weight is 340 g/mol. The Morgan fingerprint density at radius 1 is 1.47 bits per heavy atom. The monoisotopic (exact) mass is 340 g/mol. The molecule has 1 atom stereocenters. The zero-order chi connectivity index (χ0) is 12.5. The Morgan fingerprint density at radius 3 is 2.76 bits per heavy atom. The molecule has 0 bridgehead atoms. The van der Waals surface area contributed by atoms with Crippen LogP contribution < -0.4 is 5.32 Å². The van der Waals surface area contributed by atoms with Gasteiger partial charge in [-0.15, -0.1) is 0 Å². The zero-order valence-electron chi connectivity index (χ0n) is 8.81. The third-order valence-electron chi connectivity index (χ3n) is 1.80. The molecule has 0 radical (unpaired) electrons. The van der Waals surface area contributed by atoms with Gasteiger partial charge in [0.25, 0.3) is 5.91 Å². The molecule has 17 heavy (non-hydrogen) atoms. The van der Waals surface area contributed by atoms with E-state index in [0.717, 1.165) is 0 Å². The molecule has 1 aromatic carbocycles. The number of halogens is 1. The summed E-state index contributed by atoms with van der Waals surface area (Å²) in [6, 6.07) is 10.5. The van der Waals surface area contributed by atoms with Gasteiger partial charge in [-0.1, -0.05) is 24.1 Å². The van der Waals surface area contributed by atoms with Crippen molar-refractivity contribution in [2.45, 2.75) is 6.23 Å². The van der Waals surface area contributed by atoms with E-state index in [1.54, 1.807) is 24.3 Å². The minimum atomic E-state index is -0.986. The summed E-state index contributed by atoms with van der Waals surface area (Å²) in [5, 5.41) is 11.2. The standard InChI is InChI=1S/C12H9IN2O2/c13-7-4-8-17-11(9-14)15-12(16)10-5-2-1-3-6-10/h1-3,5-6,11H,8H2,(H,15,16). The minimum Gasteiger partial charge on any atom is -0.332 e. The van der Waals surface area contributed by atoms with Crippen LogP contribution in [0.25, 0.3) is 0 Å². The number of carbonyl (C=O) groups is 1. The van der Waals surface area contributed by atoms with Crippen LogP contribution in [-0.2, 0) is 4.74 Å². The van der Waals surface area contributed by atoms with E-state index >= 15 is 0 Å². The number of nitrogens with one attached hydrogen (secondary N) is 1. The van der Waals surface area contributed by atoms with Crippen molar-refractivity contribution in [2.75, 3.05) is 6.61 Å². The van der Waals surface area contributed by atoms with Gasteiger partial charge < -0.3 is 10.1 Å². The first-order chi connectivity index (χ1) is 8.27. The quantitative estimate of drug-likeness (QED) is 0.515. The molecule has 0 heterocycles. The molecule has 0 saturated heterocycles. The third-order valence-corrected chi connectivity index (χ3v) is 2.19. The van der Waals surface area contributed by atoms with E-state index in [2.05, 4.69) is 15.2 Å². The number of rotatable bonds is 4. The van der Waals surface area contributed by atoms with E-state index in [0.29, 0.717) is 5.56 Å². The lowest BCUT2D eigenvalue weighted by molar-refractivity contribution is 0.0685. The van der Waals surface area contributed by atoms with Crippen LogP contribution >= 0.6 is 22.6 Å². The first-order valence-corrected chi connectivity index (χ1v) is 5.81. The van der Waals surface area contributed by atoms with Crippen molar-refractivity contribution in [3.8, 4) is 15.9 Å². The van der Waals surface area contributed by atoms with Gasteiger partial charge in [-0.3, -0.25) is 4.79 Å². The highest BCUT2D eigenvalue weighted by molar-refractivity contribution is 14.1. The van der Waals surface area contributed by atoms with Gasteiger partial charge in [0, 0.05) is 28.2 Å². The van der Waals surface area contributed by atoms with Crippen LogP contribution in [0.5, 0.6) is 0 Å². The number of hydrogen-bond donors (Lipinski definition) is 1. The van der Waals surface area contributed by atoms with Gasteiger partial charge in [0.05, 0.1) is 0 Å². The molecule has 0 spiro atoms. The Morgan fingerprint density at radius 2 is 2.18 bits per heavy atom. The second-order valence-electron chi connectivity index (χ2n) is 2.93. The fourth-order valence-corrected chi connectivity index (χ4v) is 1.21. The summed E-state index contributed by atoms with van der Waals surface area (Å²) < 4.78 is 7.66. The fourth-order valence-electron chi connectivity index (χ4n) is 1.06. The summed E-state index contributed by atoms with van der Waals surface area (Å²) in [7, 11) is 0. The van der Waals surface area contributed by atoms with E-state index in [4.69, 9.17) is 10.00 Å². The van der Waals surface area contributed by atoms with E-state index in [1.807, 2.05) is 34.7 Å². The fraction of sp³-hybridized carbons (Fsp3) is 0.167. The van der Waals surface area contributed by atoms with Gasteiger partial charge >= 0.3 is 0 Å². The summed E-state index contributed by atoms with van der Waals surface area (Å²) in [6.07, 6.45) is -0.986. The second kappa shape index (κ2) is 7.66. The predicted octanol–water partition coefficient (Wildman–Crippen LogP) is 1.68. The molecule has 0 aliphatic heterocycles. The normalized spacial score (nSPS) is 10.6. The molecular formula is C12H9IN2O2. The number of nitrogens with zero attached hydrogens (tertiary/aromatic N) is 1. The molecule has 0 saturated carbocycles. The maximum absolute atomic E-state index is 11.7. The van der Waals surface area contributed by atoms with Crippen molar-refractivity contribution in [3.05, 3.63) is 35.9 Å². The topological polar surface area (TPSA) is 62.1 Å². The summed E-state index contributed by atoms with van der Waals surface area (Å²) in [5.41, 5.74) is 0.483. The van der Waals surface area contributed by atoms with Crippen molar-refractivity contribution in [2.24, 2.45) is 0 Å². The Kier molecular flexibility index (Phi) is 6.08. The number of amides is 1. The molecule has 0 fully saturated rings. The van der Waals surface area contributed by atoms with Crippen LogP contribution in [0, 0.1) is 21.2 Å². The molecule has 1 amide bonds. The third kappa shape index (κ3) is 4.85. The smallest absolute Gasteiger partial charge is 0.254 e. The Labute approximate surface area is 113 Å². The van der Waals surface area contributed by atoms with Crippen LogP contribution in [0.15, 0.2) is 30.3 Å². The van der Waals surface area contributed by atoms with Crippen molar-refractivity contribution < 1.29 is 9.53 Å². The molecule has 0 aromatic heterocycles. The van der Waals surface area contributed by atoms with Gasteiger partial charge in [-0.25, -0.2) is 0 Å². The number of carbonyl (C=O) groups excluding carboxylic acids is 1. The van der Waals surface area contributed by atoms with E-state index in [1.165, 1.54) is 0 Å². The second-order valence-corrected chi connectivity index (χ2v) is 3.47. The van der Waals surface area contributed by atoms with Crippen molar-refractivity contribution in [3.63, 3.8) is 0 Å². The van der Waals surface area contributed by atoms with Crippen LogP contribution in [0.1, 0.15) is 10.4 Å². The van der Waals surface area contributed by atoms with Crippen LogP contribution in [-0.4, -0.2) is 18.7 Å². The lowest BCUT2D eigenvalue weighted by Gasteiger charge is -2.10. The number of ether oxygens (including phenoxy) is 1. The van der Waals surface area contributed by atoms with Crippen LogP contribution in [0.2, 0.25) is 0 Å². The first kappa shape index (κ1) is 13.5. The van der Waals surface area contributed by atoms with E-state index in [-0.39, 0.29) is 12.5 Å². The molecule has 0 aliphatic carbocycles.